The second kappa shape index (κ2) is 5.48. The third kappa shape index (κ3) is 2.81. The van der Waals surface area contributed by atoms with Crippen LogP contribution in [0.1, 0.15) is 21.7 Å². The van der Waals surface area contributed by atoms with E-state index >= 15 is 0 Å². The van der Waals surface area contributed by atoms with Gasteiger partial charge in [-0.15, -0.1) is 0 Å². The number of carbonyl (C=O) groups excluding carboxylic acids is 1. The third-order valence-electron chi connectivity index (χ3n) is 3.22. The van der Waals surface area contributed by atoms with Crippen molar-refractivity contribution in [2.75, 3.05) is 5.75 Å². The summed E-state index contributed by atoms with van der Waals surface area (Å²) in [6.07, 6.45) is 1.44. The second-order valence-corrected chi connectivity index (χ2v) is 5.42. The van der Waals surface area contributed by atoms with E-state index in [1.54, 1.807) is 18.2 Å². The highest BCUT2D eigenvalue weighted by Gasteiger charge is 2.16. The predicted octanol–water partition coefficient (Wildman–Crippen LogP) is 2.25. The molecule has 0 aliphatic heterocycles. The Bertz CT molecular complexity index is 620. The minimum Gasteiger partial charge on any atom is -0.618 e. The summed E-state index contributed by atoms with van der Waals surface area (Å²) in [5.74, 6) is 0.325. The minimum absolute atomic E-state index is 0.0510. The van der Waals surface area contributed by atoms with E-state index in [0.29, 0.717) is 5.03 Å². The summed E-state index contributed by atoms with van der Waals surface area (Å²) in [5.41, 5.74) is 2.76. The number of thioether (sulfide) groups is 1. The van der Waals surface area contributed by atoms with E-state index in [4.69, 9.17) is 0 Å². The van der Waals surface area contributed by atoms with Crippen LogP contribution in [0.4, 0.5) is 0 Å². The Labute approximate surface area is 116 Å². The summed E-state index contributed by atoms with van der Waals surface area (Å²) in [7, 11) is 1.94. The van der Waals surface area contributed by atoms with Crippen molar-refractivity contribution >= 4 is 17.5 Å². The number of aromatic nitrogens is 2. The van der Waals surface area contributed by atoms with Gasteiger partial charge in [-0.05, 0) is 37.7 Å². The van der Waals surface area contributed by atoms with E-state index < -0.39 is 0 Å². The standard InChI is InChI=1S/C14H16N2O2S/c1-10-8-12(11(2)15(10)3)13(17)9-19-14-6-4-5-7-16(14)18/h4-8H,9H2,1-3H3. The molecule has 0 spiro atoms. The Kier molecular flexibility index (Phi) is 3.95. The van der Waals surface area contributed by atoms with Gasteiger partial charge in [0.15, 0.2) is 12.0 Å². The van der Waals surface area contributed by atoms with E-state index in [0.717, 1.165) is 21.7 Å². The summed E-state index contributed by atoms with van der Waals surface area (Å²) in [5, 5.41) is 12.0. The zero-order valence-corrected chi connectivity index (χ0v) is 12.0. The van der Waals surface area contributed by atoms with Gasteiger partial charge in [0.1, 0.15) is 0 Å². The van der Waals surface area contributed by atoms with Gasteiger partial charge in [0.2, 0.25) is 0 Å². The number of aryl methyl sites for hydroxylation is 1. The molecule has 4 nitrogen and oxygen atoms in total. The molecule has 0 aromatic carbocycles. The van der Waals surface area contributed by atoms with E-state index in [1.165, 1.54) is 18.0 Å². The van der Waals surface area contributed by atoms with Gasteiger partial charge >= 0.3 is 0 Å². The van der Waals surface area contributed by atoms with Crippen LogP contribution < -0.4 is 4.73 Å². The second-order valence-electron chi connectivity index (χ2n) is 4.42. The molecule has 100 valence electrons. The fourth-order valence-corrected chi connectivity index (χ4v) is 2.68. The summed E-state index contributed by atoms with van der Waals surface area (Å²) < 4.78 is 2.77. The normalized spacial score (nSPS) is 10.7. The molecule has 0 amide bonds. The fraction of sp³-hybridized carbons (Fsp3) is 0.286. The van der Waals surface area contributed by atoms with Crippen molar-refractivity contribution < 1.29 is 9.52 Å². The third-order valence-corrected chi connectivity index (χ3v) is 4.23. The molecule has 19 heavy (non-hydrogen) atoms. The van der Waals surface area contributed by atoms with Crippen molar-refractivity contribution in [1.82, 2.24) is 4.57 Å². The number of nitrogens with zero attached hydrogens (tertiary/aromatic N) is 2. The van der Waals surface area contributed by atoms with E-state index in [2.05, 4.69) is 0 Å². The van der Waals surface area contributed by atoms with Crippen LogP contribution in [0.2, 0.25) is 0 Å². The molecular formula is C14H16N2O2S. The van der Waals surface area contributed by atoms with Crippen molar-refractivity contribution in [2.24, 2.45) is 7.05 Å². The lowest BCUT2D eigenvalue weighted by Gasteiger charge is -2.03. The topological polar surface area (TPSA) is 48.9 Å². The molecule has 0 atom stereocenters. The number of carbonyl (C=O) groups is 1. The van der Waals surface area contributed by atoms with Gasteiger partial charge in [-0.2, -0.15) is 4.73 Å². The van der Waals surface area contributed by atoms with Crippen LogP contribution in [0.25, 0.3) is 0 Å². The highest BCUT2D eigenvalue weighted by Crippen LogP contribution is 2.19. The number of ketones is 1. The van der Waals surface area contributed by atoms with Gasteiger partial charge in [0.05, 0.1) is 5.75 Å². The van der Waals surface area contributed by atoms with Crippen molar-refractivity contribution in [3.05, 3.63) is 52.6 Å². The maximum atomic E-state index is 12.2. The Morgan fingerprint density at radius 3 is 2.74 bits per heavy atom. The molecule has 0 bridgehead atoms. The lowest BCUT2D eigenvalue weighted by molar-refractivity contribution is -0.645. The van der Waals surface area contributed by atoms with Crippen molar-refractivity contribution in [2.45, 2.75) is 18.9 Å². The first-order valence-corrected chi connectivity index (χ1v) is 6.96. The first kappa shape index (κ1) is 13.7. The van der Waals surface area contributed by atoms with E-state index in [1.807, 2.05) is 31.5 Å². The van der Waals surface area contributed by atoms with E-state index in [-0.39, 0.29) is 11.5 Å². The molecular weight excluding hydrogens is 260 g/mol. The molecule has 2 rings (SSSR count). The Balaban J connectivity index is 2.10. The maximum Gasteiger partial charge on any atom is 0.251 e. The van der Waals surface area contributed by atoms with Gasteiger partial charge in [-0.1, -0.05) is 0 Å². The molecule has 0 aliphatic rings. The van der Waals surface area contributed by atoms with Crippen LogP contribution in [0.15, 0.2) is 35.5 Å². The quantitative estimate of drug-likeness (QED) is 0.372. The molecule has 0 fully saturated rings. The monoisotopic (exact) mass is 276 g/mol. The number of rotatable bonds is 4. The SMILES string of the molecule is Cc1cc(C(=O)CSc2cccc[n+]2[O-])c(C)n1C. The van der Waals surface area contributed by atoms with Crippen LogP contribution >= 0.6 is 11.8 Å². The highest BCUT2D eigenvalue weighted by atomic mass is 32.2. The molecule has 2 aromatic rings. The Morgan fingerprint density at radius 2 is 2.16 bits per heavy atom. The minimum atomic E-state index is 0.0510. The summed E-state index contributed by atoms with van der Waals surface area (Å²) in [4.78, 5) is 12.2. The molecule has 0 saturated carbocycles. The summed E-state index contributed by atoms with van der Waals surface area (Å²) in [6, 6.07) is 7.07. The molecule has 2 heterocycles. The smallest absolute Gasteiger partial charge is 0.251 e. The van der Waals surface area contributed by atoms with Gasteiger partial charge in [0.25, 0.3) is 5.03 Å². The molecule has 0 radical (unpaired) electrons. The Hall–Kier alpha value is -1.75. The lowest BCUT2D eigenvalue weighted by atomic mass is 10.2. The van der Waals surface area contributed by atoms with Crippen molar-refractivity contribution in [1.29, 1.82) is 0 Å². The molecule has 0 N–H and O–H groups in total. The number of hydrogen-bond acceptors (Lipinski definition) is 3. The lowest BCUT2D eigenvalue weighted by Crippen LogP contribution is -2.28. The average molecular weight is 276 g/mol. The predicted molar refractivity (Wildman–Crippen MR) is 75.3 cm³/mol. The molecule has 0 aliphatic carbocycles. The average Bonchev–Trinajstić information content (AvgIpc) is 2.65. The molecule has 0 unspecified atom stereocenters. The number of pyridine rings is 1. The Morgan fingerprint density at radius 1 is 1.42 bits per heavy atom. The van der Waals surface area contributed by atoms with Crippen LogP contribution in [-0.4, -0.2) is 16.1 Å². The zero-order chi connectivity index (χ0) is 14.0. The first-order valence-electron chi connectivity index (χ1n) is 5.98. The largest absolute Gasteiger partial charge is 0.618 e. The molecule has 2 aromatic heterocycles. The van der Waals surface area contributed by atoms with Crippen LogP contribution in [-0.2, 0) is 7.05 Å². The first-order chi connectivity index (χ1) is 9.00. The molecule has 5 heteroatoms. The van der Waals surface area contributed by atoms with Gasteiger partial charge < -0.3 is 9.77 Å². The van der Waals surface area contributed by atoms with Crippen molar-refractivity contribution in [3.63, 3.8) is 0 Å². The highest BCUT2D eigenvalue weighted by molar-refractivity contribution is 7.99. The van der Waals surface area contributed by atoms with Gasteiger partial charge in [-0.25, -0.2) is 0 Å². The van der Waals surface area contributed by atoms with Crippen LogP contribution in [0, 0.1) is 19.1 Å². The summed E-state index contributed by atoms with van der Waals surface area (Å²) in [6.45, 7) is 3.90. The van der Waals surface area contributed by atoms with Gasteiger partial charge in [0, 0.05) is 36.1 Å². The fourth-order valence-electron chi connectivity index (χ4n) is 1.88. The van der Waals surface area contributed by atoms with Crippen molar-refractivity contribution in [3.8, 4) is 0 Å². The zero-order valence-electron chi connectivity index (χ0n) is 11.2. The van der Waals surface area contributed by atoms with Crippen LogP contribution in [0.3, 0.4) is 0 Å². The summed E-state index contributed by atoms with van der Waals surface area (Å²) >= 11 is 1.27. The maximum absolute atomic E-state index is 12.2. The van der Waals surface area contributed by atoms with E-state index in [9.17, 15) is 10.0 Å². The molecule has 0 saturated heterocycles. The number of Topliss-reactive ketones (excluding diaryl/α,β-unsaturated/α-hetero) is 1. The van der Waals surface area contributed by atoms with Crippen LogP contribution in [0.5, 0.6) is 0 Å². The van der Waals surface area contributed by atoms with Gasteiger partial charge in [-0.3, -0.25) is 4.79 Å². The number of hydrogen-bond donors (Lipinski definition) is 0.